The number of hydrogen-bond donors (Lipinski definition) is 0. The van der Waals surface area contributed by atoms with E-state index in [0.717, 1.165) is 30.7 Å². The predicted octanol–water partition coefficient (Wildman–Crippen LogP) is 1.77. The van der Waals surface area contributed by atoms with E-state index in [1.165, 1.54) is 0 Å². The number of hydrogen-bond acceptors (Lipinski definition) is 4. The number of likely N-dealkylation sites (N-methyl/N-ethyl adjacent to an activating group) is 1. The van der Waals surface area contributed by atoms with E-state index in [-0.39, 0.29) is 23.8 Å². The second-order valence-electron chi connectivity index (χ2n) is 7.95. The van der Waals surface area contributed by atoms with Crippen LogP contribution in [0.2, 0.25) is 0 Å². The van der Waals surface area contributed by atoms with Crippen LogP contribution in [0.3, 0.4) is 0 Å². The molecular formula is C21H31N3O3. The highest BCUT2D eigenvalue weighted by molar-refractivity contribution is 5.89. The number of likely N-dealkylation sites (tertiary alicyclic amines) is 2. The van der Waals surface area contributed by atoms with Crippen molar-refractivity contribution < 1.29 is 14.3 Å². The third-order valence-electron chi connectivity index (χ3n) is 5.52. The Morgan fingerprint density at radius 3 is 2.59 bits per heavy atom. The molecule has 0 aliphatic carbocycles. The largest absolute Gasteiger partial charge is 0.490 e. The summed E-state index contributed by atoms with van der Waals surface area (Å²) in [5, 5.41) is 0. The van der Waals surface area contributed by atoms with Gasteiger partial charge in [-0.2, -0.15) is 0 Å². The summed E-state index contributed by atoms with van der Waals surface area (Å²) in [6.07, 6.45) is 2.18. The molecule has 2 saturated heterocycles. The number of amides is 2. The average Bonchev–Trinajstić information content (AvgIpc) is 3.03. The van der Waals surface area contributed by atoms with E-state index in [9.17, 15) is 9.59 Å². The van der Waals surface area contributed by atoms with Crippen molar-refractivity contribution in [2.45, 2.75) is 32.3 Å². The first-order valence-corrected chi connectivity index (χ1v) is 9.87. The second kappa shape index (κ2) is 8.74. The minimum atomic E-state index is -0.187. The van der Waals surface area contributed by atoms with Gasteiger partial charge in [-0.05, 0) is 32.6 Å². The third-order valence-corrected chi connectivity index (χ3v) is 5.52. The summed E-state index contributed by atoms with van der Waals surface area (Å²) in [6.45, 7) is 5.55. The number of rotatable bonds is 6. The Morgan fingerprint density at radius 1 is 1.22 bits per heavy atom. The highest BCUT2D eigenvalue weighted by Gasteiger charge is 2.37. The van der Waals surface area contributed by atoms with Crippen molar-refractivity contribution >= 4 is 11.8 Å². The first kappa shape index (κ1) is 19.7. The molecule has 1 aromatic carbocycles. The topological polar surface area (TPSA) is 53.1 Å². The minimum Gasteiger partial charge on any atom is -0.490 e. The predicted molar refractivity (Wildman–Crippen MR) is 105 cm³/mol. The standard InChI is InChI=1S/C21H31N3O3/c1-16-6-4-5-7-19(16)27-18-8-10-23(11-9-18)21(26)17-14-20(25)24(15-17)13-12-22(2)3/h4-7,17-18H,8-15H2,1-3H3/t17-/m1/s1. The molecule has 1 atom stereocenters. The van der Waals surface area contributed by atoms with Crippen molar-refractivity contribution in [2.24, 2.45) is 5.92 Å². The van der Waals surface area contributed by atoms with Gasteiger partial charge >= 0.3 is 0 Å². The van der Waals surface area contributed by atoms with E-state index in [1.807, 2.05) is 55.1 Å². The number of benzene rings is 1. The van der Waals surface area contributed by atoms with E-state index in [2.05, 4.69) is 4.90 Å². The molecule has 0 N–H and O–H groups in total. The van der Waals surface area contributed by atoms with Gasteiger partial charge < -0.3 is 19.4 Å². The lowest BCUT2D eigenvalue weighted by Crippen LogP contribution is -2.45. The van der Waals surface area contributed by atoms with E-state index < -0.39 is 0 Å². The summed E-state index contributed by atoms with van der Waals surface area (Å²) in [7, 11) is 3.98. The molecule has 0 radical (unpaired) electrons. The quantitative estimate of drug-likeness (QED) is 0.763. The molecule has 2 aliphatic rings. The molecule has 6 heteroatoms. The Hall–Kier alpha value is -2.08. The molecular weight excluding hydrogens is 342 g/mol. The molecule has 6 nitrogen and oxygen atoms in total. The van der Waals surface area contributed by atoms with Gasteiger partial charge in [0.15, 0.2) is 0 Å². The van der Waals surface area contributed by atoms with Gasteiger partial charge in [0.1, 0.15) is 11.9 Å². The SMILES string of the molecule is Cc1ccccc1OC1CCN(C(=O)[C@@H]2CC(=O)N(CCN(C)C)C2)CC1. The smallest absolute Gasteiger partial charge is 0.227 e. The van der Waals surface area contributed by atoms with Crippen LogP contribution in [-0.4, -0.2) is 79.4 Å². The van der Waals surface area contributed by atoms with Crippen molar-refractivity contribution in [1.29, 1.82) is 0 Å². The van der Waals surface area contributed by atoms with Crippen molar-refractivity contribution in [3.05, 3.63) is 29.8 Å². The molecule has 27 heavy (non-hydrogen) atoms. The molecule has 0 saturated carbocycles. The first-order valence-electron chi connectivity index (χ1n) is 9.87. The summed E-state index contributed by atoms with van der Waals surface area (Å²) in [5.41, 5.74) is 1.14. The van der Waals surface area contributed by atoms with Gasteiger partial charge in [0.05, 0.1) is 5.92 Å². The summed E-state index contributed by atoms with van der Waals surface area (Å²) < 4.78 is 6.12. The zero-order chi connectivity index (χ0) is 19.4. The molecule has 2 heterocycles. The van der Waals surface area contributed by atoms with E-state index in [4.69, 9.17) is 4.74 Å². The van der Waals surface area contributed by atoms with Crippen molar-refractivity contribution in [3.8, 4) is 5.75 Å². The highest BCUT2D eigenvalue weighted by atomic mass is 16.5. The van der Waals surface area contributed by atoms with Crippen LogP contribution in [0.4, 0.5) is 0 Å². The molecule has 2 fully saturated rings. The van der Waals surface area contributed by atoms with Gasteiger partial charge in [0.2, 0.25) is 11.8 Å². The number of piperidine rings is 1. The Labute approximate surface area is 162 Å². The zero-order valence-corrected chi connectivity index (χ0v) is 16.7. The second-order valence-corrected chi connectivity index (χ2v) is 7.95. The molecule has 0 bridgehead atoms. The van der Waals surface area contributed by atoms with Crippen LogP contribution in [0, 0.1) is 12.8 Å². The molecule has 0 spiro atoms. The average molecular weight is 373 g/mol. The molecule has 148 valence electrons. The van der Waals surface area contributed by atoms with Crippen molar-refractivity contribution in [1.82, 2.24) is 14.7 Å². The molecule has 3 rings (SSSR count). The van der Waals surface area contributed by atoms with Crippen LogP contribution in [0.5, 0.6) is 5.75 Å². The number of carbonyl (C=O) groups is 2. The molecule has 1 aromatic rings. The van der Waals surface area contributed by atoms with Gasteiger partial charge in [-0.3, -0.25) is 9.59 Å². The highest BCUT2D eigenvalue weighted by Crippen LogP contribution is 2.25. The summed E-state index contributed by atoms with van der Waals surface area (Å²) in [4.78, 5) is 30.8. The van der Waals surface area contributed by atoms with Crippen LogP contribution in [0.25, 0.3) is 0 Å². The minimum absolute atomic E-state index is 0.105. The van der Waals surface area contributed by atoms with Gasteiger partial charge in [-0.25, -0.2) is 0 Å². The summed E-state index contributed by atoms with van der Waals surface area (Å²) >= 11 is 0. The van der Waals surface area contributed by atoms with Crippen molar-refractivity contribution in [2.75, 3.05) is 46.8 Å². The Bertz CT molecular complexity index is 668. The lowest BCUT2D eigenvalue weighted by Gasteiger charge is -2.33. The zero-order valence-electron chi connectivity index (χ0n) is 16.7. The third kappa shape index (κ3) is 5.01. The molecule has 0 aromatic heterocycles. The van der Waals surface area contributed by atoms with Crippen LogP contribution >= 0.6 is 0 Å². The van der Waals surface area contributed by atoms with Gasteiger partial charge in [-0.1, -0.05) is 18.2 Å². The lowest BCUT2D eigenvalue weighted by molar-refractivity contribution is -0.137. The van der Waals surface area contributed by atoms with Gasteiger partial charge in [0, 0.05) is 52.0 Å². The molecule has 2 amide bonds. The number of ether oxygens (including phenoxy) is 1. The number of aryl methyl sites for hydroxylation is 1. The normalized spacial score (nSPS) is 21.2. The van der Waals surface area contributed by atoms with Crippen LogP contribution < -0.4 is 4.74 Å². The number of carbonyl (C=O) groups excluding carboxylic acids is 2. The maximum atomic E-state index is 12.8. The monoisotopic (exact) mass is 373 g/mol. The maximum Gasteiger partial charge on any atom is 0.227 e. The van der Waals surface area contributed by atoms with Gasteiger partial charge in [0.25, 0.3) is 0 Å². The van der Waals surface area contributed by atoms with Gasteiger partial charge in [-0.15, -0.1) is 0 Å². The fourth-order valence-electron chi connectivity index (χ4n) is 3.79. The summed E-state index contributed by atoms with van der Waals surface area (Å²) in [5.74, 6) is 0.978. The Kier molecular flexibility index (Phi) is 6.37. The van der Waals surface area contributed by atoms with Crippen LogP contribution in [0.1, 0.15) is 24.8 Å². The van der Waals surface area contributed by atoms with E-state index >= 15 is 0 Å². The fraction of sp³-hybridized carbons (Fsp3) is 0.619. The lowest BCUT2D eigenvalue weighted by atomic mass is 10.0. The van der Waals surface area contributed by atoms with Crippen LogP contribution in [-0.2, 0) is 9.59 Å². The fourth-order valence-corrected chi connectivity index (χ4v) is 3.79. The van der Waals surface area contributed by atoms with Crippen molar-refractivity contribution in [3.63, 3.8) is 0 Å². The first-order chi connectivity index (χ1) is 12.9. The number of para-hydroxylation sites is 1. The Morgan fingerprint density at radius 2 is 1.93 bits per heavy atom. The number of nitrogens with zero attached hydrogens (tertiary/aromatic N) is 3. The maximum absolute atomic E-state index is 12.8. The molecule has 2 aliphatic heterocycles. The molecule has 0 unspecified atom stereocenters. The van der Waals surface area contributed by atoms with Crippen LogP contribution in [0.15, 0.2) is 24.3 Å². The summed E-state index contributed by atoms with van der Waals surface area (Å²) in [6, 6.07) is 8.04. The Balaban J connectivity index is 1.47. The van der Waals surface area contributed by atoms with E-state index in [1.54, 1.807) is 0 Å². The van der Waals surface area contributed by atoms with E-state index in [0.29, 0.717) is 32.6 Å².